The van der Waals surface area contributed by atoms with Gasteiger partial charge in [-0.15, -0.1) is 0 Å². The number of ether oxygens (including phenoxy) is 1. The average Bonchev–Trinajstić information content (AvgIpc) is 2.42. The van der Waals surface area contributed by atoms with Crippen LogP contribution in [0.2, 0.25) is 0 Å². The van der Waals surface area contributed by atoms with Crippen molar-refractivity contribution in [1.82, 2.24) is 10.6 Å². The Morgan fingerprint density at radius 1 is 1.56 bits per heavy atom. The maximum atomic E-state index is 11.7. The van der Waals surface area contributed by atoms with Gasteiger partial charge in [0.25, 0.3) is 0 Å². The van der Waals surface area contributed by atoms with Crippen LogP contribution >= 0.6 is 0 Å². The molecule has 16 heavy (non-hydrogen) atoms. The van der Waals surface area contributed by atoms with E-state index in [0.717, 1.165) is 19.5 Å². The van der Waals surface area contributed by atoms with Gasteiger partial charge in [0.15, 0.2) is 0 Å². The normalized spacial score (nSPS) is 30.2. The van der Waals surface area contributed by atoms with E-state index in [9.17, 15) is 4.79 Å². The van der Waals surface area contributed by atoms with E-state index in [1.165, 1.54) is 0 Å². The Bertz CT molecular complexity index is 260. The minimum absolute atomic E-state index is 0.183. The number of alkyl carbamates (subject to hydrolysis) is 1. The molecule has 1 amide bonds. The van der Waals surface area contributed by atoms with Gasteiger partial charge in [-0.1, -0.05) is 6.92 Å². The Morgan fingerprint density at radius 3 is 2.69 bits per heavy atom. The van der Waals surface area contributed by atoms with Gasteiger partial charge in [-0.3, -0.25) is 0 Å². The lowest BCUT2D eigenvalue weighted by Gasteiger charge is -2.32. The molecule has 1 heterocycles. The van der Waals surface area contributed by atoms with Gasteiger partial charge < -0.3 is 15.4 Å². The number of amides is 1. The Labute approximate surface area is 98.1 Å². The van der Waals surface area contributed by atoms with E-state index in [0.29, 0.717) is 5.92 Å². The highest BCUT2D eigenvalue weighted by atomic mass is 16.6. The monoisotopic (exact) mass is 228 g/mol. The molecular weight excluding hydrogens is 204 g/mol. The lowest BCUT2D eigenvalue weighted by Crippen LogP contribution is -2.53. The van der Waals surface area contributed by atoms with Gasteiger partial charge >= 0.3 is 6.09 Å². The summed E-state index contributed by atoms with van der Waals surface area (Å²) < 4.78 is 5.28. The van der Waals surface area contributed by atoms with Crippen LogP contribution in [0.15, 0.2) is 0 Å². The van der Waals surface area contributed by atoms with Crippen LogP contribution in [0, 0.1) is 5.92 Å². The summed E-state index contributed by atoms with van der Waals surface area (Å²) in [6.07, 6.45) is 0.733. The van der Waals surface area contributed by atoms with Crippen LogP contribution in [0.4, 0.5) is 4.79 Å². The fourth-order valence-corrected chi connectivity index (χ4v) is 2.15. The van der Waals surface area contributed by atoms with Crippen molar-refractivity contribution in [3.63, 3.8) is 0 Å². The third-order valence-corrected chi connectivity index (χ3v) is 3.06. The first-order valence-corrected chi connectivity index (χ1v) is 5.99. The number of hydrogen-bond donors (Lipinski definition) is 2. The van der Waals surface area contributed by atoms with Crippen LogP contribution in [-0.4, -0.2) is 30.3 Å². The summed E-state index contributed by atoms with van der Waals surface area (Å²) in [4.78, 5) is 11.7. The highest BCUT2D eigenvalue weighted by Gasteiger charge is 2.39. The average molecular weight is 228 g/mol. The summed E-state index contributed by atoms with van der Waals surface area (Å²) in [7, 11) is 0. The number of rotatable bonds is 2. The minimum Gasteiger partial charge on any atom is -0.444 e. The molecule has 4 nitrogen and oxygen atoms in total. The first-order chi connectivity index (χ1) is 7.27. The van der Waals surface area contributed by atoms with E-state index in [4.69, 9.17) is 4.74 Å². The highest BCUT2D eigenvalue weighted by molar-refractivity contribution is 5.69. The van der Waals surface area contributed by atoms with Crippen LogP contribution < -0.4 is 10.6 Å². The third-order valence-electron chi connectivity index (χ3n) is 3.06. The first-order valence-electron chi connectivity index (χ1n) is 5.99. The maximum Gasteiger partial charge on any atom is 0.408 e. The Balaban J connectivity index is 2.55. The van der Waals surface area contributed by atoms with Gasteiger partial charge in [0.05, 0.1) is 5.54 Å². The van der Waals surface area contributed by atoms with Gasteiger partial charge in [0.1, 0.15) is 5.60 Å². The Morgan fingerprint density at radius 2 is 2.19 bits per heavy atom. The van der Waals surface area contributed by atoms with Gasteiger partial charge in [0.2, 0.25) is 0 Å². The maximum absolute atomic E-state index is 11.7. The summed E-state index contributed by atoms with van der Waals surface area (Å²) in [5.41, 5.74) is -0.620. The van der Waals surface area contributed by atoms with E-state index in [-0.39, 0.29) is 11.6 Å². The fraction of sp³-hybridized carbons (Fsp3) is 0.917. The third kappa shape index (κ3) is 3.37. The summed E-state index contributed by atoms with van der Waals surface area (Å²) in [5, 5.41) is 6.30. The minimum atomic E-state index is -0.436. The summed E-state index contributed by atoms with van der Waals surface area (Å²) in [6, 6.07) is 0. The second-order valence-corrected chi connectivity index (χ2v) is 5.78. The van der Waals surface area contributed by atoms with E-state index >= 15 is 0 Å². The van der Waals surface area contributed by atoms with Crippen molar-refractivity contribution in [2.24, 2.45) is 5.92 Å². The molecule has 1 rings (SSSR count). The van der Waals surface area contributed by atoms with E-state index < -0.39 is 5.60 Å². The number of nitrogens with one attached hydrogen (secondary N) is 2. The van der Waals surface area contributed by atoms with Gasteiger partial charge in [-0.2, -0.15) is 0 Å². The van der Waals surface area contributed by atoms with Gasteiger partial charge in [0, 0.05) is 13.1 Å². The van der Waals surface area contributed by atoms with Crippen molar-refractivity contribution < 1.29 is 9.53 Å². The standard InChI is InChI=1S/C12H24N2O2/c1-6-9-7-13-8-12(9,5)14-10(15)16-11(2,3)4/h9,13H,6-8H2,1-5H3,(H,14,15). The van der Waals surface area contributed by atoms with Crippen LogP contribution in [0.1, 0.15) is 41.0 Å². The topological polar surface area (TPSA) is 50.4 Å². The van der Waals surface area contributed by atoms with Gasteiger partial charge in [-0.05, 0) is 40.0 Å². The number of hydrogen-bond acceptors (Lipinski definition) is 3. The molecule has 1 aliphatic rings. The summed E-state index contributed by atoms with van der Waals surface area (Å²) in [5.74, 6) is 0.472. The molecule has 0 aromatic rings. The first kappa shape index (κ1) is 13.3. The second kappa shape index (κ2) is 4.62. The van der Waals surface area contributed by atoms with E-state index in [1.807, 2.05) is 20.8 Å². The van der Waals surface area contributed by atoms with Crippen LogP contribution in [-0.2, 0) is 4.74 Å². The van der Waals surface area contributed by atoms with Gasteiger partial charge in [-0.25, -0.2) is 4.79 Å². The van der Waals surface area contributed by atoms with Crippen LogP contribution in [0.5, 0.6) is 0 Å². The van der Waals surface area contributed by atoms with Crippen molar-refractivity contribution >= 4 is 6.09 Å². The molecule has 1 saturated heterocycles. The van der Waals surface area contributed by atoms with Crippen molar-refractivity contribution in [2.75, 3.05) is 13.1 Å². The van der Waals surface area contributed by atoms with Crippen molar-refractivity contribution in [3.05, 3.63) is 0 Å². The number of carbonyl (C=O) groups is 1. The predicted molar refractivity (Wildman–Crippen MR) is 64.4 cm³/mol. The SMILES string of the molecule is CCC1CNCC1(C)NC(=O)OC(C)(C)C. The largest absolute Gasteiger partial charge is 0.444 e. The Kier molecular flexibility index (Phi) is 3.84. The lowest BCUT2D eigenvalue weighted by atomic mass is 9.87. The molecule has 1 fully saturated rings. The molecule has 2 N–H and O–H groups in total. The van der Waals surface area contributed by atoms with Crippen molar-refractivity contribution in [3.8, 4) is 0 Å². The number of carbonyl (C=O) groups excluding carboxylic acids is 1. The van der Waals surface area contributed by atoms with E-state index in [1.54, 1.807) is 0 Å². The second-order valence-electron chi connectivity index (χ2n) is 5.78. The molecule has 0 spiro atoms. The molecule has 4 heteroatoms. The zero-order valence-corrected chi connectivity index (χ0v) is 11.0. The molecule has 0 aliphatic carbocycles. The fourth-order valence-electron chi connectivity index (χ4n) is 2.15. The molecule has 2 unspecified atom stereocenters. The molecule has 1 aliphatic heterocycles. The smallest absolute Gasteiger partial charge is 0.408 e. The lowest BCUT2D eigenvalue weighted by molar-refractivity contribution is 0.0447. The van der Waals surface area contributed by atoms with Crippen molar-refractivity contribution in [2.45, 2.75) is 52.2 Å². The molecular formula is C12H24N2O2. The molecule has 0 bridgehead atoms. The molecule has 0 saturated carbocycles. The van der Waals surface area contributed by atoms with Crippen molar-refractivity contribution in [1.29, 1.82) is 0 Å². The molecule has 0 aromatic heterocycles. The summed E-state index contributed by atoms with van der Waals surface area (Å²) in [6.45, 7) is 11.6. The van der Waals surface area contributed by atoms with E-state index in [2.05, 4.69) is 24.5 Å². The Hall–Kier alpha value is -0.770. The zero-order valence-electron chi connectivity index (χ0n) is 11.0. The van der Waals surface area contributed by atoms with Crippen LogP contribution in [0.3, 0.4) is 0 Å². The molecule has 2 atom stereocenters. The molecule has 0 aromatic carbocycles. The summed E-state index contributed by atoms with van der Waals surface area (Å²) >= 11 is 0. The quantitative estimate of drug-likeness (QED) is 0.759. The molecule has 94 valence electrons. The highest BCUT2D eigenvalue weighted by Crippen LogP contribution is 2.24. The molecule has 0 radical (unpaired) electrons. The van der Waals surface area contributed by atoms with Crippen LogP contribution in [0.25, 0.3) is 0 Å². The zero-order chi connectivity index (χ0) is 12.4. The predicted octanol–water partition coefficient (Wildman–Crippen LogP) is 1.90.